The molecule has 1 aliphatic rings. The first-order valence-corrected chi connectivity index (χ1v) is 5.93. The Labute approximate surface area is 107 Å². The summed E-state index contributed by atoms with van der Waals surface area (Å²) in [6.45, 7) is -1.57. The van der Waals surface area contributed by atoms with Crippen molar-refractivity contribution in [2.75, 3.05) is 6.61 Å². The molecule has 1 aliphatic carbocycles. The van der Waals surface area contributed by atoms with E-state index in [0.29, 0.717) is 6.42 Å². The van der Waals surface area contributed by atoms with E-state index in [4.69, 9.17) is 0 Å². The van der Waals surface area contributed by atoms with Crippen LogP contribution in [0.4, 0.5) is 18.0 Å². The van der Waals surface area contributed by atoms with Crippen LogP contribution in [0.5, 0.6) is 0 Å². The van der Waals surface area contributed by atoms with Crippen LogP contribution in [0.2, 0.25) is 0 Å². The van der Waals surface area contributed by atoms with Crippen molar-refractivity contribution >= 4 is 6.09 Å². The lowest BCUT2D eigenvalue weighted by Gasteiger charge is -2.22. The van der Waals surface area contributed by atoms with Gasteiger partial charge in [-0.25, -0.2) is 9.78 Å². The number of imidazole rings is 1. The van der Waals surface area contributed by atoms with E-state index in [9.17, 15) is 18.0 Å². The molecule has 1 heterocycles. The minimum absolute atomic E-state index is 0.0148. The van der Waals surface area contributed by atoms with Crippen LogP contribution in [-0.2, 0) is 4.74 Å². The van der Waals surface area contributed by atoms with Gasteiger partial charge in [0.25, 0.3) is 0 Å². The molecule has 1 aromatic heterocycles. The zero-order valence-corrected chi connectivity index (χ0v) is 10.1. The van der Waals surface area contributed by atoms with Crippen LogP contribution in [0.25, 0.3) is 0 Å². The molecule has 19 heavy (non-hydrogen) atoms. The Balaban J connectivity index is 1.86. The zero-order valence-electron chi connectivity index (χ0n) is 10.1. The molecule has 0 saturated heterocycles. The van der Waals surface area contributed by atoms with Gasteiger partial charge in [-0.3, -0.25) is 0 Å². The number of rotatable bonds is 3. The minimum atomic E-state index is -4.50. The number of amides is 1. The fourth-order valence-electron chi connectivity index (χ4n) is 2.27. The molecule has 2 rings (SSSR count). The van der Waals surface area contributed by atoms with Gasteiger partial charge in [-0.1, -0.05) is 0 Å². The quantitative estimate of drug-likeness (QED) is 0.922. The molecule has 1 aromatic rings. The van der Waals surface area contributed by atoms with Gasteiger partial charge in [-0.05, 0) is 19.3 Å². The molecular formula is C11H14F3N3O2. The first-order chi connectivity index (χ1) is 8.96. The largest absolute Gasteiger partial charge is 0.440 e. The summed E-state index contributed by atoms with van der Waals surface area (Å²) in [5.41, 5.74) is 0. The third-order valence-corrected chi connectivity index (χ3v) is 3.06. The molecule has 5 nitrogen and oxygen atoms in total. The van der Waals surface area contributed by atoms with Crippen LogP contribution in [-0.4, -0.2) is 34.5 Å². The standard InChI is InChI=1S/C11H14F3N3O2/c12-11(13,14)6-19-10(18)16-8-2-1-3-9(8)17-5-4-15-7-17/h4-5,7-9H,1-3,6H2,(H,16,18). The van der Waals surface area contributed by atoms with Gasteiger partial charge in [-0.2, -0.15) is 13.2 Å². The SMILES string of the molecule is O=C(NC1CCCC1n1ccnc1)OCC(F)(F)F. The highest BCUT2D eigenvalue weighted by Gasteiger charge is 2.33. The van der Waals surface area contributed by atoms with E-state index in [1.165, 1.54) is 0 Å². The van der Waals surface area contributed by atoms with Crippen molar-refractivity contribution in [2.45, 2.75) is 37.5 Å². The van der Waals surface area contributed by atoms with Gasteiger partial charge in [0.2, 0.25) is 0 Å². The molecule has 106 valence electrons. The average Bonchev–Trinajstić information content (AvgIpc) is 2.94. The first-order valence-electron chi connectivity index (χ1n) is 5.93. The Morgan fingerprint density at radius 2 is 2.26 bits per heavy atom. The molecule has 2 unspecified atom stereocenters. The van der Waals surface area contributed by atoms with Crippen LogP contribution in [0, 0.1) is 0 Å². The number of alkyl carbamates (subject to hydrolysis) is 1. The lowest BCUT2D eigenvalue weighted by Crippen LogP contribution is -2.39. The summed E-state index contributed by atoms with van der Waals surface area (Å²) < 4.78 is 41.7. The predicted octanol–water partition coefficient (Wildman–Crippen LogP) is 2.27. The van der Waals surface area contributed by atoms with E-state index in [-0.39, 0.29) is 12.1 Å². The Morgan fingerprint density at radius 1 is 1.47 bits per heavy atom. The highest BCUT2D eigenvalue weighted by Crippen LogP contribution is 2.30. The van der Waals surface area contributed by atoms with E-state index in [2.05, 4.69) is 15.0 Å². The number of carbonyl (C=O) groups excluding carboxylic acids is 1. The molecule has 1 fully saturated rings. The van der Waals surface area contributed by atoms with Gasteiger partial charge >= 0.3 is 12.3 Å². The van der Waals surface area contributed by atoms with E-state index >= 15 is 0 Å². The third-order valence-electron chi connectivity index (χ3n) is 3.06. The van der Waals surface area contributed by atoms with Gasteiger partial charge in [0.05, 0.1) is 18.4 Å². The third kappa shape index (κ3) is 3.87. The average molecular weight is 277 g/mol. The molecule has 0 aromatic carbocycles. The Kier molecular flexibility index (Phi) is 3.96. The molecule has 1 amide bonds. The molecule has 2 atom stereocenters. The Hall–Kier alpha value is -1.73. The maximum Gasteiger partial charge on any atom is 0.422 e. The number of ether oxygens (including phenoxy) is 1. The molecule has 1 N–H and O–H groups in total. The monoisotopic (exact) mass is 277 g/mol. The van der Waals surface area contributed by atoms with Crippen molar-refractivity contribution in [2.24, 2.45) is 0 Å². The van der Waals surface area contributed by atoms with Crippen LogP contribution < -0.4 is 5.32 Å². The number of hydrogen-bond donors (Lipinski definition) is 1. The second-order valence-electron chi connectivity index (χ2n) is 4.45. The van der Waals surface area contributed by atoms with Crippen LogP contribution >= 0.6 is 0 Å². The van der Waals surface area contributed by atoms with Gasteiger partial charge in [0, 0.05) is 12.4 Å². The fraction of sp³-hybridized carbons (Fsp3) is 0.636. The molecule has 0 spiro atoms. The lowest BCUT2D eigenvalue weighted by molar-refractivity contribution is -0.160. The van der Waals surface area contributed by atoms with Crippen LogP contribution in [0.3, 0.4) is 0 Å². The summed E-state index contributed by atoms with van der Waals surface area (Å²) in [4.78, 5) is 15.2. The summed E-state index contributed by atoms with van der Waals surface area (Å²) in [6, 6.07) is -0.212. The molecule has 8 heteroatoms. The molecule has 0 radical (unpaired) electrons. The number of aromatic nitrogens is 2. The number of nitrogens with zero attached hydrogens (tertiary/aromatic N) is 2. The van der Waals surface area contributed by atoms with Crippen molar-refractivity contribution in [3.05, 3.63) is 18.7 Å². The number of halogens is 3. The Morgan fingerprint density at radius 3 is 2.89 bits per heavy atom. The normalized spacial score (nSPS) is 23.3. The van der Waals surface area contributed by atoms with E-state index < -0.39 is 18.9 Å². The number of hydrogen-bond acceptors (Lipinski definition) is 3. The summed E-state index contributed by atoms with van der Waals surface area (Å²) in [7, 11) is 0. The summed E-state index contributed by atoms with van der Waals surface area (Å²) in [5, 5.41) is 2.48. The number of alkyl halides is 3. The fourth-order valence-corrected chi connectivity index (χ4v) is 2.27. The Bertz CT molecular complexity index is 419. The number of carbonyl (C=O) groups is 1. The van der Waals surface area contributed by atoms with Gasteiger partial charge < -0.3 is 14.6 Å². The molecule has 0 aliphatic heterocycles. The zero-order chi connectivity index (χ0) is 13.9. The van der Waals surface area contributed by atoms with Gasteiger partial charge in [-0.15, -0.1) is 0 Å². The summed E-state index contributed by atoms with van der Waals surface area (Å²) in [5.74, 6) is 0. The lowest BCUT2D eigenvalue weighted by atomic mass is 10.2. The van der Waals surface area contributed by atoms with Gasteiger partial charge in [0.1, 0.15) is 0 Å². The van der Waals surface area contributed by atoms with Crippen molar-refractivity contribution in [1.29, 1.82) is 0 Å². The highest BCUT2D eigenvalue weighted by atomic mass is 19.4. The van der Waals surface area contributed by atoms with Crippen LogP contribution in [0.15, 0.2) is 18.7 Å². The van der Waals surface area contributed by atoms with E-state index in [0.717, 1.165) is 12.8 Å². The summed E-state index contributed by atoms with van der Waals surface area (Å²) >= 11 is 0. The second-order valence-corrected chi connectivity index (χ2v) is 4.45. The second kappa shape index (κ2) is 5.50. The van der Waals surface area contributed by atoms with E-state index in [1.54, 1.807) is 18.7 Å². The maximum atomic E-state index is 11.9. The van der Waals surface area contributed by atoms with Crippen molar-refractivity contribution in [1.82, 2.24) is 14.9 Å². The van der Waals surface area contributed by atoms with Crippen LogP contribution in [0.1, 0.15) is 25.3 Å². The molecule has 1 saturated carbocycles. The summed E-state index contributed by atoms with van der Waals surface area (Å²) in [6.07, 6.45) is 1.94. The van der Waals surface area contributed by atoms with Crippen molar-refractivity contribution < 1.29 is 22.7 Å². The predicted molar refractivity (Wildman–Crippen MR) is 59.4 cm³/mol. The number of nitrogens with one attached hydrogen (secondary N) is 1. The smallest absolute Gasteiger partial charge is 0.422 e. The van der Waals surface area contributed by atoms with Crippen molar-refractivity contribution in [3.63, 3.8) is 0 Å². The topological polar surface area (TPSA) is 56.2 Å². The molecule has 0 bridgehead atoms. The highest BCUT2D eigenvalue weighted by molar-refractivity contribution is 5.67. The van der Waals surface area contributed by atoms with Gasteiger partial charge in [0.15, 0.2) is 6.61 Å². The maximum absolute atomic E-state index is 11.9. The first kappa shape index (κ1) is 13.7. The minimum Gasteiger partial charge on any atom is -0.440 e. The molecular weight excluding hydrogens is 263 g/mol. The van der Waals surface area contributed by atoms with E-state index in [1.807, 2.05) is 4.57 Å². The van der Waals surface area contributed by atoms with Crippen molar-refractivity contribution in [3.8, 4) is 0 Å².